The fraction of sp³-hybridized carbons (Fsp3) is 0.909. The Morgan fingerprint density at radius 1 is 1.40 bits per heavy atom. The van der Waals surface area contributed by atoms with Crippen LogP contribution in [0.3, 0.4) is 0 Å². The van der Waals surface area contributed by atoms with Crippen molar-refractivity contribution < 1.29 is 5.21 Å². The highest BCUT2D eigenvalue weighted by atomic mass is 16.4. The molecule has 1 aliphatic carbocycles. The Hall–Kier alpha value is -0.770. The zero-order chi connectivity index (χ0) is 11.1. The van der Waals surface area contributed by atoms with Crippen molar-refractivity contribution in [1.29, 1.82) is 0 Å². The van der Waals surface area contributed by atoms with Crippen LogP contribution in [0.25, 0.3) is 0 Å². The summed E-state index contributed by atoms with van der Waals surface area (Å²) in [6, 6.07) is 0.823. The van der Waals surface area contributed by atoms with Crippen molar-refractivity contribution in [2.45, 2.75) is 51.5 Å². The van der Waals surface area contributed by atoms with Gasteiger partial charge in [-0.05, 0) is 38.8 Å². The first kappa shape index (κ1) is 12.3. The monoisotopic (exact) mass is 213 g/mol. The molecule has 1 aliphatic rings. The number of unbranched alkanes of at least 4 members (excludes halogenated alkanes) is 1. The minimum atomic E-state index is 0.348. The molecule has 0 bridgehead atoms. The second-order valence-electron chi connectivity index (χ2n) is 4.32. The van der Waals surface area contributed by atoms with Crippen molar-refractivity contribution >= 4 is 5.84 Å². The molecule has 0 aromatic rings. The van der Waals surface area contributed by atoms with Crippen LogP contribution < -0.4 is 5.73 Å². The fourth-order valence-corrected chi connectivity index (χ4v) is 1.79. The molecule has 0 spiro atoms. The third-order valence-corrected chi connectivity index (χ3v) is 2.87. The van der Waals surface area contributed by atoms with Crippen molar-refractivity contribution in [2.24, 2.45) is 10.9 Å². The number of oxime groups is 1. The molecule has 0 saturated heterocycles. The van der Waals surface area contributed by atoms with Crippen LogP contribution in [-0.2, 0) is 0 Å². The van der Waals surface area contributed by atoms with E-state index in [1.54, 1.807) is 0 Å². The predicted octanol–water partition coefficient (Wildman–Crippen LogP) is 1.78. The van der Waals surface area contributed by atoms with Crippen LogP contribution in [0.2, 0.25) is 0 Å². The third-order valence-electron chi connectivity index (χ3n) is 2.87. The SMILES string of the molecule is CCCCN(CCCC(N)=NO)C1CC1. The van der Waals surface area contributed by atoms with Gasteiger partial charge in [-0.25, -0.2) is 0 Å². The third kappa shape index (κ3) is 5.02. The van der Waals surface area contributed by atoms with E-state index in [1.165, 1.54) is 32.2 Å². The molecule has 0 amide bonds. The van der Waals surface area contributed by atoms with Gasteiger partial charge in [0, 0.05) is 12.5 Å². The minimum Gasteiger partial charge on any atom is -0.409 e. The van der Waals surface area contributed by atoms with Crippen LogP contribution >= 0.6 is 0 Å². The van der Waals surface area contributed by atoms with E-state index in [9.17, 15) is 0 Å². The summed E-state index contributed by atoms with van der Waals surface area (Å²) in [7, 11) is 0. The number of rotatable bonds is 8. The number of amidine groups is 1. The summed E-state index contributed by atoms with van der Waals surface area (Å²) in [5.74, 6) is 0.348. The molecule has 1 saturated carbocycles. The molecule has 0 aromatic carbocycles. The summed E-state index contributed by atoms with van der Waals surface area (Å²) in [5.41, 5.74) is 5.43. The normalized spacial score (nSPS) is 17.3. The average molecular weight is 213 g/mol. The van der Waals surface area contributed by atoms with E-state index in [0.29, 0.717) is 12.3 Å². The molecule has 0 aliphatic heterocycles. The molecule has 0 aromatic heterocycles. The Balaban J connectivity index is 2.14. The van der Waals surface area contributed by atoms with Gasteiger partial charge in [0.05, 0.1) is 0 Å². The highest BCUT2D eigenvalue weighted by Gasteiger charge is 2.27. The Morgan fingerprint density at radius 2 is 2.07 bits per heavy atom. The van der Waals surface area contributed by atoms with Crippen molar-refractivity contribution in [3.63, 3.8) is 0 Å². The average Bonchev–Trinajstić information content (AvgIpc) is 3.06. The Bertz CT molecular complexity index is 202. The molecule has 0 heterocycles. The van der Waals surface area contributed by atoms with Gasteiger partial charge < -0.3 is 15.8 Å². The summed E-state index contributed by atoms with van der Waals surface area (Å²) in [4.78, 5) is 2.55. The van der Waals surface area contributed by atoms with Gasteiger partial charge in [-0.15, -0.1) is 0 Å². The molecule has 0 atom stereocenters. The Labute approximate surface area is 92.1 Å². The van der Waals surface area contributed by atoms with E-state index in [2.05, 4.69) is 17.0 Å². The van der Waals surface area contributed by atoms with Gasteiger partial charge in [-0.1, -0.05) is 18.5 Å². The number of nitrogens with two attached hydrogens (primary N) is 1. The number of nitrogens with zero attached hydrogens (tertiary/aromatic N) is 2. The van der Waals surface area contributed by atoms with Crippen LogP contribution in [-0.4, -0.2) is 35.1 Å². The van der Waals surface area contributed by atoms with Gasteiger partial charge in [0.2, 0.25) is 0 Å². The molecular formula is C11H23N3O. The van der Waals surface area contributed by atoms with E-state index in [1.807, 2.05) is 0 Å². The molecule has 4 heteroatoms. The maximum atomic E-state index is 8.41. The second-order valence-corrected chi connectivity index (χ2v) is 4.32. The molecule has 1 fully saturated rings. The van der Waals surface area contributed by atoms with Gasteiger partial charge in [0.15, 0.2) is 0 Å². The minimum absolute atomic E-state index is 0.348. The zero-order valence-corrected chi connectivity index (χ0v) is 9.65. The highest BCUT2D eigenvalue weighted by Crippen LogP contribution is 2.27. The van der Waals surface area contributed by atoms with Gasteiger partial charge in [0.1, 0.15) is 5.84 Å². The van der Waals surface area contributed by atoms with Crippen LogP contribution in [0.5, 0.6) is 0 Å². The molecule has 0 radical (unpaired) electrons. The van der Waals surface area contributed by atoms with Crippen LogP contribution in [0.4, 0.5) is 0 Å². The molecule has 1 rings (SSSR count). The summed E-state index contributed by atoms with van der Waals surface area (Å²) in [5, 5.41) is 11.4. The smallest absolute Gasteiger partial charge is 0.139 e. The zero-order valence-electron chi connectivity index (χ0n) is 9.65. The maximum absolute atomic E-state index is 8.41. The quantitative estimate of drug-likeness (QED) is 0.279. The summed E-state index contributed by atoms with van der Waals surface area (Å²) in [6.45, 7) is 4.51. The number of hydrogen-bond donors (Lipinski definition) is 2. The van der Waals surface area contributed by atoms with E-state index >= 15 is 0 Å². The maximum Gasteiger partial charge on any atom is 0.139 e. The summed E-state index contributed by atoms with van der Waals surface area (Å²) in [6.07, 6.45) is 6.94. The standard InChI is InChI=1S/C11H23N3O/c1-2-3-8-14(10-6-7-10)9-4-5-11(12)13-15/h10,15H,2-9H2,1H3,(H2,12,13). The van der Waals surface area contributed by atoms with Gasteiger partial charge in [-0.3, -0.25) is 0 Å². The lowest BCUT2D eigenvalue weighted by atomic mass is 10.2. The van der Waals surface area contributed by atoms with Crippen molar-refractivity contribution in [1.82, 2.24) is 4.90 Å². The summed E-state index contributed by atoms with van der Waals surface area (Å²) >= 11 is 0. The first-order chi connectivity index (χ1) is 7.27. The molecular weight excluding hydrogens is 190 g/mol. The van der Waals surface area contributed by atoms with Crippen molar-refractivity contribution in [3.05, 3.63) is 0 Å². The van der Waals surface area contributed by atoms with Crippen LogP contribution in [0.15, 0.2) is 5.16 Å². The van der Waals surface area contributed by atoms with Crippen molar-refractivity contribution in [3.8, 4) is 0 Å². The molecule has 88 valence electrons. The van der Waals surface area contributed by atoms with Crippen LogP contribution in [0, 0.1) is 0 Å². The van der Waals surface area contributed by atoms with E-state index < -0.39 is 0 Å². The molecule has 4 nitrogen and oxygen atoms in total. The lowest BCUT2D eigenvalue weighted by Gasteiger charge is -2.21. The second kappa shape index (κ2) is 6.67. The number of hydrogen-bond acceptors (Lipinski definition) is 3. The summed E-state index contributed by atoms with van der Waals surface area (Å²) < 4.78 is 0. The van der Waals surface area contributed by atoms with E-state index in [4.69, 9.17) is 10.9 Å². The molecule has 0 unspecified atom stereocenters. The highest BCUT2D eigenvalue weighted by molar-refractivity contribution is 5.79. The first-order valence-corrected chi connectivity index (χ1v) is 5.98. The largest absolute Gasteiger partial charge is 0.409 e. The predicted molar refractivity (Wildman–Crippen MR) is 62.1 cm³/mol. The Kier molecular flexibility index (Phi) is 5.47. The lowest BCUT2D eigenvalue weighted by Crippen LogP contribution is -2.29. The van der Waals surface area contributed by atoms with Gasteiger partial charge >= 0.3 is 0 Å². The van der Waals surface area contributed by atoms with Gasteiger partial charge in [-0.2, -0.15) is 0 Å². The van der Waals surface area contributed by atoms with Crippen molar-refractivity contribution in [2.75, 3.05) is 13.1 Å². The van der Waals surface area contributed by atoms with Gasteiger partial charge in [0.25, 0.3) is 0 Å². The first-order valence-electron chi connectivity index (χ1n) is 5.98. The fourth-order valence-electron chi connectivity index (χ4n) is 1.79. The van der Waals surface area contributed by atoms with E-state index in [-0.39, 0.29) is 0 Å². The van der Waals surface area contributed by atoms with Crippen LogP contribution in [0.1, 0.15) is 45.4 Å². The molecule has 3 N–H and O–H groups in total. The topological polar surface area (TPSA) is 61.8 Å². The lowest BCUT2D eigenvalue weighted by molar-refractivity contribution is 0.257. The van der Waals surface area contributed by atoms with E-state index in [0.717, 1.165) is 19.0 Å². The molecule has 15 heavy (non-hydrogen) atoms. The Morgan fingerprint density at radius 3 is 2.60 bits per heavy atom.